The second kappa shape index (κ2) is 11.3. The van der Waals surface area contributed by atoms with Gasteiger partial charge in [0.15, 0.2) is 0 Å². The van der Waals surface area contributed by atoms with Gasteiger partial charge in [0.1, 0.15) is 12.3 Å². The molecule has 4 rings (SSSR count). The molecule has 0 aliphatic carbocycles. The van der Waals surface area contributed by atoms with Gasteiger partial charge in [-0.3, -0.25) is 9.10 Å². The van der Waals surface area contributed by atoms with Gasteiger partial charge in [0.05, 0.1) is 22.6 Å². The lowest BCUT2D eigenvalue weighted by Gasteiger charge is -2.26. The number of ether oxygens (including phenoxy) is 1. The minimum atomic E-state index is -4.07. The Morgan fingerprint density at radius 3 is 2.19 bits per heavy atom. The standard InChI is InChI=1S/C26H29N3O6S2/c1-35-23-10-8-9-22(19-23)29(37(33,34)24-11-4-2-5-12-24)20-26(30)27-21-13-15-25(16-14-21)36(31,32)28-17-6-3-7-18-28/h2,4-5,8-16,19H,3,6-7,17-18,20H2,1H3,(H,27,30). The van der Waals surface area contributed by atoms with E-state index in [4.69, 9.17) is 4.74 Å². The Hall–Kier alpha value is -3.41. The van der Waals surface area contributed by atoms with E-state index in [-0.39, 0.29) is 15.5 Å². The fourth-order valence-electron chi connectivity index (χ4n) is 4.10. The van der Waals surface area contributed by atoms with E-state index in [0.717, 1.165) is 23.6 Å². The normalized spacial score (nSPS) is 14.6. The number of methoxy groups -OCH3 is 1. The second-order valence-electron chi connectivity index (χ2n) is 8.56. The van der Waals surface area contributed by atoms with Gasteiger partial charge in [-0.2, -0.15) is 4.31 Å². The van der Waals surface area contributed by atoms with Gasteiger partial charge in [-0.25, -0.2) is 16.8 Å². The first-order chi connectivity index (χ1) is 17.7. The number of benzene rings is 3. The monoisotopic (exact) mass is 543 g/mol. The number of piperidine rings is 1. The van der Waals surface area contributed by atoms with Crippen LogP contribution in [0.4, 0.5) is 11.4 Å². The molecule has 0 radical (unpaired) electrons. The molecule has 3 aromatic carbocycles. The van der Waals surface area contributed by atoms with Crippen molar-refractivity contribution in [3.05, 3.63) is 78.9 Å². The lowest BCUT2D eigenvalue weighted by atomic mass is 10.2. The van der Waals surface area contributed by atoms with E-state index in [9.17, 15) is 21.6 Å². The van der Waals surface area contributed by atoms with Crippen LogP contribution in [0.15, 0.2) is 88.7 Å². The maximum absolute atomic E-state index is 13.5. The maximum Gasteiger partial charge on any atom is 0.264 e. The lowest BCUT2D eigenvalue weighted by molar-refractivity contribution is -0.114. The van der Waals surface area contributed by atoms with Crippen molar-refractivity contribution in [3.63, 3.8) is 0 Å². The third-order valence-corrected chi connectivity index (χ3v) is 9.75. The van der Waals surface area contributed by atoms with E-state index >= 15 is 0 Å². The molecule has 0 unspecified atom stereocenters. The van der Waals surface area contributed by atoms with Crippen LogP contribution in [0.5, 0.6) is 5.75 Å². The molecule has 0 spiro atoms. The van der Waals surface area contributed by atoms with Gasteiger partial charge in [0.2, 0.25) is 15.9 Å². The van der Waals surface area contributed by atoms with Crippen LogP contribution in [-0.2, 0) is 24.8 Å². The maximum atomic E-state index is 13.5. The van der Waals surface area contributed by atoms with Crippen molar-refractivity contribution in [3.8, 4) is 5.75 Å². The second-order valence-corrected chi connectivity index (χ2v) is 12.4. The number of carbonyl (C=O) groups is 1. The Morgan fingerprint density at radius 2 is 1.54 bits per heavy atom. The van der Waals surface area contributed by atoms with Gasteiger partial charge in [-0.15, -0.1) is 0 Å². The highest BCUT2D eigenvalue weighted by molar-refractivity contribution is 7.92. The molecule has 0 atom stereocenters. The van der Waals surface area contributed by atoms with Crippen LogP contribution in [-0.4, -0.2) is 53.8 Å². The van der Waals surface area contributed by atoms with E-state index in [0.29, 0.717) is 24.5 Å². The molecule has 1 heterocycles. The summed E-state index contributed by atoms with van der Waals surface area (Å²) < 4.78 is 60.4. The van der Waals surface area contributed by atoms with E-state index in [1.807, 2.05) is 0 Å². The summed E-state index contributed by atoms with van der Waals surface area (Å²) in [6.45, 7) is 0.492. The van der Waals surface area contributed by atoms with Crippen molar-refractivity contribution < 1.29 is 26.4 Å². The largest absolute Gasteiger partial charge is 0.497 e. The number of rotatable bonds is 9. The molecule has 0 bridgehead atoms. The lowest BCUT2D eigenvalue weighted by Crippen LogP contribution is -2.38. The SMILES string of the molecule is COc1cccc(N(CC(=O)Nc2ccc(S(=O)(=O)N3CCCCC3)cc2)S(=O)(=O)c2ccccc2)c1. The topological polar surface area (TPSA) is 113 Å². The van der Waals surface area contributed by atoms with E-state index < -0.39 is 32.5 Å². The molecule has 1 fully saturated rings. The summed E-state index contributed by atoms with van der Waals surface area (Å²) in [4.78, 5) is 13.2. The van der Waals surface area contributed by atoms with Crippen LogP contribution in [0.1, 0.15) is 19.3 Å². The molecule has 3 aromatic rings. The average Bonchev–Trinajstić information content (AvgIpc) is 2.93. The van der Waals surface area contributed by atoms with Crippen LogP contribution in [0.25, 0.3) is 0 Å². The van der Waals surface area contributed by atoms with Crippen molar-refractivity contribution in [2.75, 3.05) is 36.4 Å². The first-order valence-electron chi connectivity index (χ1n) is 11.8. The Balaban J connectivity index is 1.55. The van der Waals surface area contributed by atoms with Gasteiger partial charge < -0.3 is 10.1 Å². The number of amides is 1. The number of nitrogens with one attached hydrogen (secondary N) is 1. The van der Waals surface area contributed by atoms with Crippen molar-refractivity contribution >= 4 is 37.3 Å². The molecule has 0 saturated carbocycles. The number of hydrogen-bond acceptors (Lipinski definition) is 6. The summed E-state index contributed by atoms with van der Waals surface area (Å²) in [6, 6.07) is 20.2. The quantitative estimate of drug-likeness (QED) is 0.440. The minimum absolute atomic E-state index is 0.0397. The first kappa shape index (κ1) is 26.6. The van der Waals surface area contributed by atoms with Crippen molar-refractivity contribution in [1.29, 1.82) is 0 Å². The number of carbonyl (C=O) groups excluding carboxylic acids is 1. The predicted octanol–water partition coefficient (Wildman–Crippen LogP) is 3.70. The number of nitrogens with zero attached hydrogens (tertiary/aromatic N) is 2. The van der Waals surface area contributed by atoms with Gasteiger partial charge in [0, 0.05) is 24.8 Å². The molecule has 1 aliphatic rings. The molecule has 11 heteroatoms. The molecule has 1 saturated heterocycles. The zero-order valence-electron chi connectivity index (χ0n) is 20.4. The highest BCUT2D eigenvalue weighted by Gasteiger charge is 2.28. The third kappa shape index (κ3) is 6.12. The van der Waals surface area contributed by atoms with E-state index in [1.54, 1.807) is 36.4 Å². The fraction of sp³-hybridized carbons (Fsp3) is 0.269. The van der Waals surface area contributed by atoms with Crippen LogP contribution < -0.4 is 14.4 Å². The summed E-state index contributed by atoms with van der Waals surface area (Å²) in [5.74, 6) is -0.148. The molecule has 1 aliphatic heterocycles. The van der Waals surface area contributed by atoms with Crippen LogP contribution in [0.3, 0.4) is 0 Å². The summed E-state index contributed by atoms with van der Waals surface area (Å²) in [5.41, 5.74) is 0.617. The average molecular weight is 544 g/mol. The summed E-state index contributed by atoms with van der Waals surface area (Å²) in [5, 5.41) is 2.67. The summed E-state index contributed by atoms with van der Waals surface area (Å²) in [7, 11) is -6.20. The number of anilines is 2. The van der Waals surface area contributed by atoms with Crippen molar-refractivity contribution in [1.82, 2.24) is 4.31 Å². The van der Waals surface area contributed by atoms with E-state index in [2.05, 4.69) is 5.32 Å². The Labute approximate surface area is 217 Å². The minimum Gasteiger partial charge on any atom is -0.497 e. The summed E-state index contributed by atoms with van der Waals surface area (Å²) in [6.07, 6.45) is 2.69. The number of sulfonamides is 2. The van der Waals surface area contributed by atoms with E-state index in [1.165, 1.54) is 53.9 Å². The smallest absolute Gasteiger partial charge is 0.264 e. The van der Waals surface area contributed by atoms with Crippen molar-refractivity contribution in [2.24, 2.45) is 0 Å². The highest BCUT2D eigenvalue weighted by atomic mass is 32.2. The molecule has 37 heavy (non-hydrogen) atoms. The zero-order valence-corrected chi connectivity index (χ0v) is 22.0. The van der Waals surface area contributed by atoms with Crippen molar-refractivity contribution in [2.45, 2.75) is 29.1 Å². The highest BCUT2D eigenvalue weighted by Crippen LogP contribution is 2.27. The predicted molar refractivity (Wildman–Crippen MR) is 142 cm³/mol. The Kier molecular flexibility index (Phi) is 8.16. The summed E-state index contributed by atoms with van der Waals surface area (Å²) >= 11 is 0. The molecule has 196 valence electrons. The molecule has 1 N–H and O–H groups in total. The van der Waals surface area contributed by atoms with Crippen LogP contribution >= 0.6 is 0 Å². The third-order valence-electron chi connectivity index (χ3n) is 6.05. The molecule has 9 nitrogen and oxygen atoms in total. The fourth-order valence-corrected chi connectivity index (χ4v) is 7.05. The zero-order chi connectivity index (χ0) is 26.5. The van der Waals surface area contributed by atoms with Gasteiger partial charge in [0.25, 0.3) is 10.0 Å². The molecule has 0 aromatic heterocycles. The molecule has 1 amide bonds. The van der Waals surface area contributed by atoms with Crippen LogP contribution in [0, 0.1) is 0 Å². The van der Waals surface area contributed by atoms with Gasteiger partial charge in [-0.05, 0) is 61.4 Å². The molecular formula is C26H29N3O6S2. The first-order valence-corrected chi connectivity index (χ1v) is 14.7. The van der Waals surface area contributed by atoms with Crippen LogP contribution in [0.2, 0.25) is 0 Å². The number of hydrogen-bond donors (Lipinski definition) is 1. The van der Waals surface area contributed by atoms with Gasteiger partial charge in [-0.1, -0.05) is 30.7 Å². The van der Waals surface area contributed by atoms with Gasteiger partial charge >= 0.3 is 0 Å². The Morgan fingerprint density at radius 1 is 0.865 bits per heavy atom. The Bertz CT molecular complexity index is 1440. The molecular weight excluding hydrogens is 514 g/mol.